The summed E-state index contributed by atoms with van der Waals surface area (Å²) in [7, 11) is 0. The van der Waals surface area contributed by atoms with E-state index in [2.05, 4.69) is 15.2 Å². The summed E-state index contributed by atoms with van der Waals surface area (Å²) in [6.07, 6.45) is 3.94. The fourth-order valence-corrected chi connectivity index (χ4v) is 2.37. The lowest BCUT2D eigenvalue weighted by atomic mass is 10.0. The molecule has 0 aliphatic heterocycles. The van der Waals surface area contributed by atoms with E-state index in [1.807, 2.05) is 42.5 Å². The minimum Gasteiger partial charge on any atom is -0.487 e. The Morgan fingerprint density at radius 3 is 2.62 bits per heavy atom. The van der Waals surface area contributed by atoms with Crippen LogP contribution in [-0.4, -0.2) is 26.3 Å². The average molecular weight is 323 g/mol. The molecule has 6 nitrogen and oxygen atoms in total. The molecule has 0 atom stereocenters. The monoisotopic (exact) mass is 323 g/mol. The average Bonchev–Trinajstić information content (AvgIpc) is 3.14. The van der Waals surface area contributed by atoms with Gasteiger partial charge in [0.2, 0.25) is 0 Å². The van der Waals surface area contributed by atoms with Gasteiger partial charge in [-0.1, -0.05) is 24.3 Å². The first-order valence-electron chi connectivity index (χ1n) is 7.59. The van der Waals surface area contributed by atoms with Crippen LogP contribution in [0.1, 0.15) is 17.5 Å². The number of nitrogens with one attached hydrogen (secondary N) is 1. The van der Waals surface area contributed by atoms with Gasteiger partial charge in [-0.25, -0.2) is 0 Å². The summed E-state index contributed by atoms with van der Waals surface area (Å²) in [5, 5.41) is 15.6. The molecule has 24 heavy (non-hydrogen) atoms. The first kappa shape index (κ1) is 15.7. The summed E-state index contributed by atoms with van der Waals surface area (Å²) in [6, 6.07) is 13.3. The molecule has 0 saturated heterocycles. The number of H-pyrrole nitrogens is 1. The highest BCUT2D eigenvalue weighted by molar-refractivity contribution is 5.67. The van der Waals surface area contributed by atoms with Crippen LogP contribution in [0.2, 0.25) is 0 Å². The number of aryl methyl sites for hydroxylation is 1. The second kappa shape index (κ2) is 7.41. The van der Waals surface area contributed by atoms with Crippen LogP contribution in [0.3, 0.4) is 0 Å². The highest BCUT2D eigenvalue weighted by Crippen LogP contribution is 2.19. The number of nitrogens with zero attached hydrogens (tertiary/aromatic N) is 2. The Morgan fingerprint density at radius 1 is 1.12 bits per heavy atom. The van der Waals surface area contributed by atoms with Gasteiger partial charge in [0.15, 0.2) is 0 Å². The molecule has 122 valence electrons. The first-order chi connectivity index (χ1) is 11.7. The van der Waals surface area contributed by atoms with Gasteiger partial charge >= 0.3 is 5.97 Å². The summed E-state index contributed by atoms with van der Waals surface area (Å²) in [4.78, 5) is 15.1. The van der Waals surface area contributed by atoms with Gasteiger partial charge in [-0.2, -0.15) is 5.10 Å². The number of aromatic amines is 1. The fourth-order valence-electron chi connectivity index (χ4n) is 2.37. The van der Waals surface area contributed by atoms with Crippen molar-refractivity contribution in [3.8, 4) is 17.1 Å². The molecule has 0 aliphatic rings. The van der Waals surface area contributed by atoms with Crippen LogP contribution < -0.4 is 4.74 Å². The summed E-state index contributed by atoms with van der Waals surface area (Å²) >= 11 is 0. The molecule has 0 fully saturated rings. The van der Waals surface area contributed by atoms with Crippen molar-refractivity contribution in [2.75, 3.05) is 0 Å². The normalized spacial score (nSPS) is 10.5. The Kier molecular flexibility index (Phi) is 4.86. The van der Waals surface area contributed by atoms with Crippen LogP contribution in [-0.2, 0) is 17.8 Å². The SMILES string of the molecule is O=C(O)CCc1ccccc1COc1ccc(-c2ccn[nH]2)nc1. The van der Waals surface area contributed by atoms with E-state index in [1.54, 1.807) is 12.4 Å². The van der Waals surface area contributed by atoms with Crippen molar-refractivity contribution in [3.63, 3.8) is 0 Å². The third-order valence-corrected chi connectivity index (χ3v) is 3.63. The standard InChI is InChI=1S/C18H17N3O3/c22-18(23)8-5-13-3-1-2-4-14(13)12-24-15-6-7-16(19-11-15)17-9-10-20-21-17/h1-4,6-7,9-11H,5,8,12H2,(H,20,21)(H,22,23). The zero-order chi connectivity index (χ0) is 16.8. The van der Waals surface area contributed by atoms with Crippen molar-refractivity contribution < 1.29 is 14.6 Å². The fraction of sp³-hybridized carbons (Fsp3) is 0.167. The van der Waals surface area contributed by atoms with Crippen LogP contribution >= 0.6 is 0 Å². The number of pyridine rings is 1. The Bertz CT molecular complexity index is 799. The largest absolute Gasteiger partial charge is 0.487 e. The van der Waals surface area contributed by atoms with E-state index in [4.69, 9.17) is 9.84 Å². The van der Waals surface area contributed by atoms with Crippen molar-refractivity contribution in [1.82, 2.24) is 15.2 Å². The van der Waals surface area contributed by atoms with E-state index < -0.39 is 5.97 Å². The molecule has 2 N–H and O–H groups in total. The zero-order valence-electron chi connectivity index (χ0n) is 13.0. The number of carboxylic acid groups (broad SMARTS) is 1. The van der Waals surface area contributed by atoms with Crippen molar-refractivity contribution in [3.05, 3.63) is 66.0 Å². The number of ether oxygens (including phenoxy) is 1. The highest BCUT2D eigenvalue weighted by atomic mass is 16.5. The van der Waals surface area contributed by atoms with Crippen molar-refractivity contribution in [2.45, 2.75) is 19.4 Å². The van der Waals surface area contributed by atoms with Crippen LogP contribution in [0.15, 0.2) is 54.9 Å². The van der Waals surface area contributed by atoms with Crippen LogP contribution in [0, 0.1) is 0 Å². The summed E-state index contributed by atoms with van der Waals surface area (Å²) < 4.78 is 5.78. The number of carboxylic acids is 1. The molecule has 0 bridgehead atoms. The maximum Gasteiger partial charge on any atom is 0.303 e. The minimum absolute atomic E-state index is 0.109. The molecule has 0 amide bonds. The lowest BCUT2D eigenvalue weighted by Gasteiger charge is -2.10. The van der Waals surface area contributed by atoms with E-state index in [-0.39, 0.29) is 6.42 Å². The molecule has 6 heteroatoms. The van der Waals surface area contributed by atoms with Gasteiger partial charge in [-0.3, -0.25) is 14.9 Å². The van der Waals surface area contributed by atoms with Gasteiger partial charge in [-0.15, -0.1) is 0 Å². The third kappa shape index (κ3) is 3.98. The Balaban J connectivity index is 1.64. The Morgan fingerprint density at radius 2 is 1.96 bits per heavy atom. The molecule has 2 aromatic heterocycles. The number of aliphatic carboxylic acids is 1. The molecule has 1 aromatic carbocycles. The maximum absolute atomic E-state index is 10.7. The number of hydrogen-bond acceptors (Lipinski definition) is 4. The minimum atomic E-state index is -0.802. The quantitative estimate of drug-likeness (QED) is 0.697. The molecular weight excluding hydrogens is 306 g/mol. The maximum atomic E-state index is 10.7. The second-order valence-corrected chi connectivity index (χ2v) is 5.30. The van der Waals surface area contributed by atoms with Crippen LogP contribution in [0.25, 0.3) is 11.4 Å². The molecule has 3 aromatic rings. The van der Waals surface area contributed by atoms with Gasteiger partial charge < -0.3 is 9.84 Å². The van der Waals surface area contributed by atoms with Crippen LogP contribution in [0.4, 0.5) is 0 Å². The molecule has 0 radical (unpaired) electrons. The molecule has 3 rings (SSSR count). The Labute approximate surface area is 139 Å². The van der Waals surface area contributed by atoms with Crippen molar-refractivity contribution in [1.29, 1.82) is 0 Å². The van der Waals surface area contributed by atoms with Gasteiger partial charge in [0.05, 0.1) is 17.6 Å². The molecule has 0 spiro atoms. The smallest absolute Gasteiger partial charge is 0.303 e. The van der Waals surface area contributed by atoms with Gasteiger partial charge in [0.25, 0.3) is 0 Å². The molecule has 0 unspecified atom stereocenters. The van der Waals surface area contributed by atoms with Crippen LogP contribution in [0.5, 0.6) is 5.75 Å². The van der Waals surface area contributed by atoms with E-state index >= 15 is 0 Å². The van der Waals surface area contributed by atoms with Gasteiger partial charge in [0, 0.05) is 12.6 Å². The number of hydrogen-bond donors (Lipinski definition) is 2. The molecular formula is C18H17N3O3. The lowest BCUT2D eigenvalue weighted by molar-refractivity contribution is -0.136. The van der Waals surface area contributed by atoms with E-state index in [9.17, 15) is 4.79 Å². The van der Waals surface area contributed by atoms with E-state index in [0.717, 1.165) is 22.5 Å². The van der Waals surface area contributed by atoms with Crippen molar-refractivity contribution in [2.24, 2.45) is 0 Å². The first-order valence-corrected chi connectivity index (χ1v) is 7.59. The third-order valence-electron chi connectivity index (χ3n) is 3.63. The highest BCUT2D eigenvalue weighted by Gasteiger charge is 2.06. The van der Waals surface area contributed by atoms with E-state index in [1.165, 1.54) is 0 Å². The van der Waals surface area contributed by atoms with Crippen molar-refractivity contribution >= 4 is 5.97 Å². The van der Waals surface area contributed by atoms with Gasteiger partial charge in [-0.05, 0) is 35.7 Å². The number of aromatic nitrogens is 3. The topological polar surface area (TPSA) is 88.1 Å². The summed E-state index contributed by atoms with van der Waals surface area (Å²) in [6.45, 7) is 0.376. The second-order valence-electron chi connectivity index (χ2n) is 5.30. The summed E-state index contributed by atoms with van der Waals surface area (Å²) in [5.74, 6) is -0.143. The van der Waals surface area contributed by atoms with Gasteiger partial charge in [0.1, 0.15) is 12.4 Å². The predicted octanol–water partition coefficient (Wildman–Crippen LogP) is 3.07. The number of carbonyl (C=O) groups is 1. The molecule has 0 saturated carbocycles. The van der Waals surface area contributed by atoms with E-state index in [0.29, 0.717) is 18.8 Å². The Hall–Kier alpha value is -3.15. The number of benzene rings is 1. The lowest BCUT2D eigenvalue weighted by Crippen LogP contribution is -2.03. The molecule has 0 aliphatic carbocycles. The predicted molar refractivity (Wildman–Crippen MR) is 88.5 cm³/mol. The molecule has 2 heterocycles. The zero-order valence-corrected chi connectivity index (χ0v) is 13.0. The summed E-state index contributed by atoms with van der Waals surface area (Å²) in [5.41, 5.74) is 3.61. The number of rotatable bonds is 7.